The molecular formula is C14H15N3. The van der Waals surface area contributed by atoms with Crippen molar-refractivity contribution in [1.82, 2.24) is 4.98 Å². The van der Waals surface area contributed by atoms with Gasteiger partial charge in [-0.15, -0.1) is 0 Å². The summed E-state index contributed by atoms with van der Waals surface area (Å²) in [6.45, 7) is 3.97. The summed E-state index contributed by atoms with van der Waals surface area (Å²) < 4.78 is 0. The van der Waals surface area contributed by atoms with Gasteiger partial charge in [0.15, 0.2) is 0 Å². The Kier molecular flexibility index (Phi) is 2.72. The fourth-order valence-corrected chi connectivity index (χ4v) is 2.19. The Morgan fingerprint density at radius 1 is 1.24 bits per heavy atom. The van der Waals surface area contributed by atoms with Gasteiger partial charge in [-0.3, -0.25) is 0 Å². The maximum Gasteiger partial charge on any atom is 0.146 e. The summed E-state index contributed by atoms with van der Waals surface area (Å²) >= 11 is 0. The number of hydrogen-bond donors (Lipinski definition) is 0. The highest BCUT2D eigenvalue weighted by atomic mass is 15.1. The molecule has 17 heavy (non-hydrogen) atoms. The molecule has 0 bridgehead atoms. The Balaban J connectivity index is 2.98. The number of nitriles is 1. The largest absolute Gasteiger partial charge is 0.377 e. The molecule has 3 heteroatoms. The van der Waals surface area contributed by atoms with Crippen molar-refractivity contribution in [2.75, 3.05) is 19.0 Å². The predicted octanol–water partition coefficient (Wildman–Crippen LogP) is 2.79. The van der Waals surface area contributed by atoms with Gasteiger partial charge in [0, 0.05) is 25.0 Å². The minimum absolute atomic E-state index is 0.510. The maximum atomic E-state index is 9.14. The zero-order valence-corrected chi connectivity index (χ0v) is 10.6. The quantitative estimate of drug-likeness (QED) is 0.749. The van der Waals surface area contributed by atoms with Crippen LogP contribution in [0.15, 0.2) is 18.2 Å². The number of fused-ring (bicyclic) bond motifs is 1. The third-order valence-corrected chi connectivity index (χ3v) is 2.98. The lowest BCUT2D eigenvalue weighted by Gasteiger charge is -2.19. The number of aryl methyl sites for hydroxylation is 1. The standard InChI is InChI=1S/C14H15N3/c1-9-6-5-7-11-13(9)16-12(8-15)10(2)14(11)17(3)4/h5-7H,1-4H3. The molecule has 2 rings (SSSR count). The second-order valence-corrected chi connectivity index (χ2v) is 4.41. The van der Waals surface area contributed by atoms with Gasteiger partial charge in [-0.05, 0) is 19.4 Å². The molecule has 1 heterocycles. The van der Waals surface area contributed by atoms with Crippen LogP contribution < -0.4 is 4.90 Å². The molecule has 0 aliphatic carbocycles. The smallest absolute Gasteiger partial charge is 0.146 e. The first-order chi connectivity index (χ1) is 8.06. The number of pyridine rings is 1. The molecule has 0 saturated carbocycles. The SMILES string of the molecule is Cc1c(C#N)nc2c(C)cccc2c1N(C)C. The van der Waals surface area contributed by atoms with Crippen molar-refractivity contribution in [3.63, 3.8) is 0 Å². The normalized spacial score (nSPS) is 10.3. The Hall–Kier alpha value is -2.08. The van der Waals surface area contributed by atoms with E-state index in [1.54, 1.807) is 0 Å². The summed E-state index contributed by atoms with van der Waals surface area (Å²) in [7, 11) is 3.98. The van der Waals surface area contributed by atoms with Crippen LogP contribution >= 0.6 is 0 Å². The third-order valence-electron chi connectivity index (χ3n) is 2.98. The van der Waals surface area contributed by atoms with Crippen LogP contribution in [0.1, 0.15) is 16.8 Å². The summed E-state index contributed by atoms with van der Waals surface area (Å²) in [4.78, 5) is 6.49. The molecule has 0 unspecified atom stereocenters. The fraction of sp³-hybridized carbons (Fsp3) is 0.286. The lowest BCUT2D eigenvalue weighted by Crippen LogP contribution is -2.12. The molecule has 0 N–H and O–H groups in total. The Labute approximate surface area is 101 Å². The molecule has 0 saturated heterocycles. The van der Waals surface area contributed by atoms with Crippen molar-refractivity contribution in [1.29, 1.82) is 5.26 Å². The van der Waals surface area contributed by atoms with Gasteiger partial charge in [-0.2, -0.15) is 5.26 Å². The van der Waals surface area contributed by atoms with Crippen LogP contribution in [0.2, 0.25) is 0 Å². The van der Waals surface area contributed by atoms with Gasteiger partial charge >= 0.3 is 0 Å². The van der Waals surface area contributed by atoms with Crippen LogP contribution in [0.5, 0.6) is 0 Å². The number of anilines is 1. The van der Waals surface area contributed by atoms with Crippen LogP contribution in [0, 0.1) is 25.2 Å². The van der Waals surface area contributed by atoms with Gasteiger partial charge in [0.1, 0.15) is 11.8 Å². The number of para-hydroxylation sites is 1. The molecule has 3 nitrogen and oxygen atoms in total. The summed E-state index contributed by atoms with van der Waals surface area (Å²) in [6, 6.07) is 8.27. The molecule has 1 aromatic carbocycles. The maximum absolute atomic E-state index is 9.14. The van der Waals surface area contributed by atoms with Crippen LogP contribution in [0.4, 0.5) is 5.69 Å². The van der Waals surface area contributed by atoms with E-state index in [1.165, 1.54) is 0 Å². The van der Waals surface area contributed by atoms with E-state index in [2.05, 4.69) is 17.1 Å². The molecule has 0 aliphatic heterocycles. The second kappa shape index (κ2) is 4.06. The zero-order valence-electron chi connectivity index (χ0n) is 10.6. The Morgan fingerprint density at radius 2 is 1.94 bits per heavy atom. The van der Waals surface area contributed by atoms with Crippen molar-refractivity contribution in [3.05, 3.63) is 35.0 Å². The second-order valence-electron chi connectivity index (χ2n) is 4.41. The van der Waals surface area contributed by atoms with E-state index in [9.17, 15) is 0 Å². The molecule has 2 aromatic rings. The highest BCUT2D eigenvalue weighted by Crippen LogP contribution is 2.31. The summed E-state index contributed by atoms with van der Waals surface area (Å²) in [5.74, 6) is 0. The van der Waals surface area contributed by atoms with E-state index >= 15 is 0 Å². The van der Waals surface area contributed by atoms with E-state index in [1.807, 2.05) is 45.0 Å². The number of rotatable bonds is 1. The lowest BCUT2D eigenvalue weighted by atomic mass is 10.0. The van der Waals surface area contributed by atoms with Gasteiger partial charge in [0.2, 0.25) is 0 Å². The van der Waals surface area contributed by atoms with E-state index in [0.29, 0.717) is 5.69 Å². The average Bonchev–Trinajstić information content (AvgIpc) is 2.28. The number of nitrogens with zero attached hydrogens (tertiary/aromatic N) is 3. The lowest BCUT2D eigenvalue weighted by molar-refractivity contribution is 1.11. The van der Waals surface area contributed by atoms with Gasteiger partial charge in [-0.25, -0.2) is 4.98 Å². The summed E-state index contributed by atoms with van der Waals surface area (Å²) in [5, 5.41) is 10.2. The van der Waals surface area contributed by atoms with Crippen molar-refractivity contribution in [2.45, 2.75) is 13.8 Å². The Bertz CT molecular complexity index is 621. The van der Waals surface area contributed by atoms with Crippen LogP contribution in [-0.4, -0.2) is 19.1 Å². The molecule has 0 fully saturated rings. The molecular weight excluding hydrogens is 210 g/mol. The van der Waals surface area contributed by atoms with Crippen LogP contribution in [-0.2, 0) is 0 Å². The molecule has 0 aliphatic rings. The van der Waals surface area contributed by atoms with E-state index in [4.69, 9.17) is 5.26 Å². The van der Waals surface area contributed by atoms with E-state index < -0.39 is 0 Å². The average molecular weight is 225 g/mol. The van der Waals surface area contributed by atoms with Gasteiger partial charge in [-0.1, -0.05) is 18.2 Å². The van der Waals surface area contributed by atoms with E-state index in [-0.39, 0.29) is 0 Å². The summed E-state index contributed by atoms with van der Waals surface area (Å²) in [6.07, 6.45) is 0. The van der Waals surface area contributed by atoms with E-state index in [0.717, 1.165) is 27.7 Å². The molecule has 86 valence electrons. The number of aromatic nitrogens is 1. The Morgan fingerprint density at radius 3 is 2.53 bits per heavy atom. The van der Waals surface area contributed by atoms with Crippen molar-refractivity contribution < 1.29 is 0 Å². The fourth-order valence-electron chi connectivity index (χ4n) is 2.19. The molecule has 1 aromatic heterocycles. The predicted molar refractivity (Wildman–Crippen MR) is 70.3 cm³/mol. The first-order valence-electron chi connectivity index (χ1n) is 5.53. The molecule has 0 spiro atoms. The van der Waals surface area contributed by atoms with Crippen molar-refractivity contribution >= 4 is 16.6 Å². The minimum atomic E-state index is 0.510. The topological polar surface area (TPSA) is 39.9 Å². The first-order valence-corrected chi connectivity index (χ1v) is 5.53. The first kappa shape index (κ1) is 11.4. The zero-order chi connectivity index (χ0) is 12.6. The summed E-state index contributed by atoms with van der Waals surface area (Å²) in [5.41, 5.74) is 4.54. The van der Waals surface area contributed by atoms with Crippen LogP contribution in [0.3, 0.4) is 0 Å². The number of hydrogen-bond acceptors (Lipinski definition) is 3. The highest BCUT2D eigenvalue weighted by Gasteiger charge is 2.13. The van der Waals surface area contributed by atoms with Crippen LogP contribution in [0.25, 0.3) is 10.9 Å². The van der Waals surface area contributed by atoms with Gasteiger partial charge in [0.05, 0.1) is 11.2 Å². The molecule has 0 radical (unpaired) electrons. The highest BCUT2D eigenvalue weighted by molar-refractivity contribution is 5.95. The van der Waals surface area contributed by atoms with Crippen molar-refractivity contribution in [3.8, 4) is 6.07 Å². The van der Waals surface area contributed by atoms with Crippen molar-refractivity contribution in [2.24, 2.45) is 0 Å². The minimum Gasteiger partial charge on any atom is -0.377 e. The van der Waals surface area contributed by atoms with Gasteiger partial charge < -0.3 is 4.90 Å². The number of benzene rings is 1. The molecule has 0 amide bonds. The molecule has 0 atom stereocenters. The van der Waals surface area contributed by atoms with Gasteiger partial charge in [0.25, 0.3) is 0 Å². The monoisotopic (exact) mass is 225 g/mol. The third kappa shape index (κ3) is 1.72.